The molecule has 1 aliphatic carbocycles. The zero-order valence-electron chi connectivity index (χ0n) is 11.3. The van der Waals surface area contributed by atoms with Crippen LogP contribution in [0.3, 0.4) is 0 Å². The van der Waals surface area contributed by atoms with Crippen molar-refractivity contribution >= 4 is 27.5 Å². The molecule has 0 radical (unpaired) electrons. The number of hydrogen-bond acceptors (Lipinski definition) is 2. The molecule has 0 unspecified atom stereocenters. The Morgan fingerprint density at radius 1 is 1.26 bits per heavy atom. The Hall–Kier alpha value is -0.870. The molecule has 1 aliphatic rings. The summed E-state index contributed by atoms with van der Waals surface area (Å²) >= 11 is 3.42. The molecule has 0 aliphatic heterocycles. The van der Waals surface area contributed by atoms with Crippen LogP contribution in [0.5, 0.6) is 0 Å². The molecule has 0 spiro atoms. The van der Waals surface area contributed by atoms with Gasteiger partial charge < -0.3 is 10.6 Å². The van der Waals surface area contributed by atoms with Crippen LogP contribution in [0.1, 0.15) is 32.6 Å². The highest BCUT2D eigenvalue weighted by molar-refractivity contribution is 9.10. The molecule has 1 aromatic rings. The molecule has 19 heavy (non-hydrogen) atoms. The lowest BCUT2D eigenvalue weighted by Crippen LogP contribution is -2.38. The molecule has 2 rings (SSSR count). The van der Waals surface area contributed by atoms with E-state index in [9.17, 15) is 4.79 Å². The number of benzene rings is 1. The van der Waals surface area contributed by atoms with Gasteiger partial charge in [0.15, 0.2) is 0 Å². The van der Waals surface area contributed by atoms with Gasteiger partial charge in [0.25, 0.3) is 0 Å². The molecule has 1 fully saturated rings. The van der Waals surface area contributed by atoms with Gasteiger partial charge in [-0.05, 0) is 59.7 Å². The normalized spacial score (nSPS) is 23.1. The number of halogens is 1. The summed E-state index contributed by atoms with van der Waals surface area (Å²) in [5, 5.41) is 6.26. The molecule has 0 aromatic heterocycles. The van der Waals surface area contributed by atoms with Crippen LogP contribution in [0, 0.1) is 5.92 Å². The average Bonchev–Trinajstić information content (AvgIpc) is 2.41. The van der Waals surface area contributed by atoms with E-state index in [1.54, 1.807) is 0 Å². The first-order chi connectivity index (χ1) is 9.15. The first-order valence-corrected chi connectivity index (χ1v) is 7.72. The maximum absolute atomic E-state index is 11.9. The first-order valence-electron chi connectivity index (χ1n) is 6.93. The van der Waals surface area contributed by atoms with Crippen molar-refractivity contribution < 1.29 is 4.79 Å². The zero-order valence-corrected chi connectivity index (χ0v) is 12.9. The average molecular weight is 325 g/mol. The molecule has 1 aromatic carbocycles. The highest BCUT2D eigenvalue weighted by Gasteiger charge is 2.18. The molecule has 0 saturated heterocycles. The van der Waals surface area contributed by atoms with Crippen LogP contribution in [-0.4, -0.2) is 18.5 Å². The van der Waals surface area contributed by atoms with Crippen molar-refractivity contribution in [3.63, 3.8) is 0 Å². The van der Waals surface area contributed by atoms with Gasteiger partial charge in [-0.3, -0.25) is 4.79 Å². The molecule has 1 amide bonds. The van der Waals surface area contributed by atoms with Crippen LogP contribution < -0.4 is 10.6 Å². The summed E-state index contributed by atoms with van der Waals surface area (Å²) in [7, 11) is 0. The summed E-state index contributed by atoms with van der Waals surface area (Å²) in [5.74, 6) is 0.859. The number of anilines is 1. The van der Waals surface area contributed by atoms with Gasteiger partial charge in [-0.2, -0.15) is 0 Å². The fourth-order valence-corrected chi connectivity index (χ4v) is 2.84. The molecule has 0 bridgehead atoms. The minimum atomic E-state index is 0.0190. The maximum atomic E-state index is 11.9. The number of carbonyl (C=O) groups is 1. The van der Waals surface area contributed by atoms with Crippen molar-refractivity contribution in [1.29, 1.82) is 0 Å². The van der Waals surface area contributed by atoms with Gasteiger partial charge in [-0.1, -0.05) is 19.1 Å². The first kappa shape index (κ1) is 14.5. The van der Waals surface area contributed by atoms with Crippen LogP contribution in [0.25, 0.3) is 0 Å². The van der Waals surface area contributed by atoms with Crippen molar-refractivity contribution in [1.82, 2.24) is 5.32 Å². The van der Waals surface area contributed by atoms with Gasteiger partial charge in [0, 0.05) is 10.5 Å². The maximum Gasteiger partial charge on any atom is 0.238 e. The SMILES string of the molecule is CC1CCC(NCC(=O)Nc2ccccc2Br)CC1. The molecule has 3 nitrogen and oxygen atoms in total. The molecular formula is C15H21BrN2O. The Morgan fingerprint density at radius 2 is 1.95 bits per heavy atom. The van der Waals surface area contributed by atoms with E-state index < -0.39 is 0 Å². The van der Waals surface area contributed by atoms with Crippen LogP contribution in [0.4, 0.5) is 5.69 Å². The second-order valence-corrected chi connectivity index (χ2v) is 6.22. The molecule has 1 saturated carbocycles. The third kappa shape index (κ3) is 4.62. The summed E-state index contributed by atoms with van der Waals surface area (Å²) in [6.07, 6.45) is 4.90. The van der Waals surface area contributed by atoms with E-state index in [4.69, 9.17) is 0 Å². The van der Waals surface area contributed by atoms with Crippen LogP contribution in [0.2, 0.25) is 0 Å². The van der Waals surface area contributed by atoms with Gasteiger partial charge in [-0.25, -0.2) is 0 Å². The van der Waals surface area contributed by atoms with Crippen LogP contribution in [-0.2, 0) is 4.79 Å². The molecule has 104 valence electrons. The van der Waals surface area contributed by atoms with E-state index in [2.05, 4.69) is 33.5 Å². The Morgan fingerprint density at radius 3 is 2.63 bits per heavy atom. The highest BCUT2D eigenvalue weighted by Crippen LogP contribution is 2.23. The van der Waals surface area contributed by atoms with E-state index in [1.165, 1.54) is 25.7 Å². The summed E-state index contributed by atoms with van der Waals surface area (Å²) < 4.78 is 0.912. The lowest BCUT2D eigenvalue weighted by molar-refractivity contribution is -0.115. The number of nitrogens with one attached hydrogen (secondary N) is 2. The lowest BCUT2D eigenvalue weighted by atomic mass is 9.87. The molecular weight excluding hydrogens is 304 g/mol. The topological polar surface area (TPSA) is 41.1 Å². The Bertz CT molecular complexity index is 428. The number of amides is 1. The third-order valence-electron chi connectivity index (χ3n) is 3.72. The zero-order chi connectivity index (χ0) is 13.7. The van der Waals surface area contributed by atoms with E-state index in [-0.39, 0.29) is 5.91 Å². The predicted molar refractivity (Wildman–Crippen MR) is 82.2 cm³/mol. The number of carbonyl (C=O) groups excluding carboxylic acids is 1. The second-order valence-electron chi connectivity index (χ2n) is 5.37. The summed E-state index contributed by atoms with van der Waals surface area (Å²) in [6, 6.07) is 8.16. The molecule has 0 atom stereocenters. The monoisotopic (exact) mass is 324 g/mol. The second kappa shape index (κ2) is 7.06. The Labute approximate surface area is 123 Å². The summed E-state index contributed by atoms with van der Waals surface area (Å²) in [6.45, 7) is 2.69. The minimum absolute atomic E-state index is 0.0190. The van der Waals surface area contributed by atoms with Gasteiger partial charge >= 0.3 is 0 Å². The summed E-state index contributed by atoms with van der Waals surface area (Å²) in [5.41, 5.74) is 0.826. The van der Waals surface area contributed by atoms with Crippen molar-refractivity contribution in [2.45, 2.75) is 38.6 Å². The molecule has 4 heteroatoms. The highest BCUT2D eigenvalue weighted by atomic mass is 79.9. The third-order valence-corrected chi connectivity index (χ3v) is 4.41. The van der Waals surface area contributed by atoms with Gasteiger partial charge in [-0.15, -0.1) is 0 Å². The van der Waals surface area contributed by atoms with Crippen LogP contribution in [0.15, 0.2) is 28.7 Å². The molecule has 2 N–H and O–H groups in total. The predicted octanol–water partition coefficient (Wildman–Crippen LogP) is 3.56. The largest absolute Gasteiger partial charge is 0.324 e. The van der Waals surface area contributed by atoms with Gasteiger partial charge in [0.1, 0.15) is 0 Å². The van der Waals surface area contributed by atoms with Crippen molar-refractivity contribution in [2.75, 3.05) is 11.9 Å². The number of rotatable bonds is 4. The number of hydrogen-bond donors (Lipinski definition) is 2. The van der Waals surface area contributed by atoms with Gasteiger partial charge in [0.2, 0.25) is 5.91 Å². The fraction of sp³-hybridized carbons (Fsp3) is 0.533. The summed E-state index contributed by atoms with van der Waals surface area (Å²) in [4.78, 5) is 11.9. The Balaban J connectivity index is 1.74. The standard InChI is InChI=1S/C15H21BrN2O/c1-11-6-8-12(9-7-11)17-10-15(19)18-14-5-3-2-4-13(14)16/h2-5,11-12,17H,6-10H2,1H3,(H,18,19). The fourth-order valence-electron chi connectivity index (χ4n) is 2.46. The van der Waals surface area contributed by atoms with E-state index in [1.807, 2.05) is 24.3 Å². The van der Waals surface area contributed by atoms with E-state index in [0.717, 1.165) is 16.1 Å². The van der Waals surface area contributed by atoms with Gasteiger partial charge in [0.05, 0.1) is 12.2 Å². The minimum Gasteiger partial charge on any atom is -0.324 e. The van der Waals surface area contributed by atoms with E-state index >= 15 is 0 Å². The molecule has 0 heterocycles. The van der Waals surface area contributed by atoms with Crippen molar-refractivity contribution in [2.24, 2.45) is 5.92 Å². The quantitative estimate of drug-likeness (QED) is 0.889. The van der Waals surface area contributed by atoms with Crippen molar-refractivity contribution in [3.8, 4) is 0 Å². The lowest BCUT2D eigenvalue weighted by Gasteiger charge is -2.26. The number of para-hydroxylation sites is 1. The Kier molecular flexibility index (Phi) is 5.40. The van der Waals surface area contributed by atoms with E-state index in [0.29, 0.717) is 12.6 Å². The smallest absolute Gasteiger partial charge is 0.238 e. The van der Waals surface area contributed by atoms with Crippen LogP contribution >= 0.6 is 15.9 Å². The van der Waals surface area contributed by atoms with Crippen molar-refractivity contribution in [3.05, 3.63) is 28.7 Å².